The average Bonchev–Trinajstić information content (AvgIpc) is 2.38. The van der Waals surface area contributed by atoms with Crippen molar-refractivity contribution in [2.24, 2.45) is 5.41 Å². The van der Waals surface area contributed by atoms with Crippen molar-refractivity contribution in [2.75, 3.05) is 6.61 Å². The van der Waals surface area contributed by atoms with Crippen molar-refractivity contribution in [1.82, 2.24) is 0 Å². The number of carboxylic acids is 1. The highest BCUT2D eigenvalue weighted by Gasteiger charge is 2.47. The summed E-state index contributed by atoms with van der Waals surface area (Å²) in [5.74, 6) is -4.21. The van der Waals surface area contributed by atoms with Gasteiger partial charge in [-0.3, -0.25) is 9.59 Å². The van der Waals surface area contributed by atoms with Crippen LogP contribution < -0.4 is 0 Å². The standard InChI is InChI=1S/C14H16F2O4/c1-3-14(12(17)18,13(19)20-4-2)8-9-10(15)6-5-7-11(9)16/h5-7H,3-4,8H2,1-2H3,(H,17,18). The highest BCUT2D eigenvalue weighted by molar-refractivity contribution is 5.99. The molecule has 0 saturated carbocycles. The Morgan fingerprint density at radius 1 is 1.25 bits per heavy atom. The maximum atomic E-state index is 13.6. The number of halogens is 2. The van der Waals surface area contributed by atoms with E-state index in [1.54, 1.807) is 0 Å². The first kappa shape index (κ1) is 16.1. The highest BCUT2D eigenvalue weighted by Crippen LogP contribution is 2.31. The number of ether oxygens (including phenoxy) is 1. The Kier molecular flexibility index (Phi) is 5.19. The molecular weight excluding hydrogens is 270 g/mol. The minimum absolute atomic E-state index is 0.00633. The third-order valence-electron chi connectivity index (χ3n) is 3.22. The van der Waals surface area contributed by atoms with E-state index in [0.717, 1.165) is 12.1 Å². The van der Waals surface area contributed by atoms with Crippen LogP contribution in [0.2, 0.25) is 0 Å². The van der Waals surface area contributed by atoms with Gasteiger partial charge in [0.15, 0.2) is 5.41 Å². The molecule has 0 saturated heterocycles. The topological polar surface area (TPSA) is 63.6 Å². The van der Waals surface area contributed by atoms with Crippen molar-refractivity contribution in [2.45, 2.75) is 26.7 Å². The number of esters is 1. The molecule has 0 aliphatic carbocycles. The van der Waals surface area contributed by atoms with Crippen LogP contribution in [0, 0.1) is 17.0 Å². The van der Waals surface area contributed by atoms with Crippen LogP contribution in [0.4, 0.5) is 8.78 Å². The predicted octanol–water partition coefficient (Wildman–Crippen LogP) is 2.55. The molecule has 1 aromatic carbocycles. The van der Waals surface area contributed by atoms with E-state index in [0.29, 0.717) is 0 Å². The second-order valence-corrected chi connectivity index (χ2v) is 4.34. The zero-order chi connectivity index (χ0) is 15.3. The van der Waals surface area contributed by atoms with Gasteiger partial charge in [0, 0.05) is 12.0 Å². The highest BCUT2D eigenvalue weighted by atomic mass is 19.1. The molecule has 0 radical (unpaired) electrons. The van der Waals surface area contributed by atoms with Gasteiger partial charge >= 0.3 is 11.9 Å². The summed E-state index contributed by atoms with van der Waals surface area (Å²) in [6, 6.07) is 3.21. The van der Waals surface area contributed by atoms with Crippen molar-refractivity contribution >= 4 is 11.9 Å². The molecule has 20 heavy (non-hydrogen) atoms. The maximum absolute atomic E-state index is 13.6. The molecule has 110 valence electrons. The summed E-state index contributed by atoms with van der Waals surface area (Å²) in [5.41, 5.74) is -2.41. The zero-order valence-electron chi connectivity index (χ0n) is 11.3. The van der Waals surface area contributed by atoms with Crippen LogP contribution in [0.5, 0.6) is 0 Å². The Morgan fingerprint density at radius 2 is 1.80 bits per heavy atom. The number of hydrogen-bond acceptors (Lipinski definition) is 3. The number of rotatable bonds is 6. The Bertz CT molecular complexity index is 496. The largest absolute Gasteiger partial charge is 0.480 e. The first-order chi connectivity index (χ1) is 9.39. The molecular formula is C14H16F2O4. The quantitative estimate of drug-likeness (QED) is 0.645. The fourth-order valence-corrected chi connectivity index (χ4v) is 1.93. The van der Waals surface area contributed by atoms with Gasteiger partial charge in [0.25, 0.3) is 0 Å². The first-order valence-corrected chi connectivity index (χ1v) is 6.22. The molecule has 0 aliphatic rings. The van der Waals surface area contributed by atoms with Gasteiger partial charge < -0.3 is 9.84 Å². The maximum Gasteiger partial charge on any atom is 0.323 e. The lowest BCUT2D eigenvalue weighted by Gasteiger charge is -2.26. The molecule has 0 fully saturated rings. The van der Waals surface area contributed by atoms with Crippen molar-refractivity contribution in [3.05, 3.63) is 35.4 Å². The molecule has 0 bridgehead atoms. The summed E-state index contributed by atoms with van der Waals surface area (Å²) in [6.07, 6.45) is -0.717. The molecule has 0 spiro atoms. The Labute approximate surface area is 115 Å². The molecule has 1 atom stereocenters. The molecule has 1 rings (SSSR count). The van der Waals surface area contributed by atoms with E-state index in [9.17, 15) is 23.5 Å². The lowest BCUT2D eigenvalue weighted by atomic mass is 9.79. The molecule has 1 N–H and O–H groups in total. The molecule has 6 heteroatoms. The molecule has 1 unspecified atom stereocenters. The van der Waals surface area contributed by atoms with E-state index < -0.39 is 41.0 Å². The zero-order valence-corrected chi connectivity index (χ0v) is 11.3. The van der Waals surface area contributed by atoms with Gasteiger partial charge in [0.05, 0.1) is 6.61 Å². The van der Waals surface area contributed by atoms with Gasteiger partial charge in [-0.25, -0.2) is 8.78 Å². The Morgan fingerprint density at radius 3 is 2.20 bits per heavy atom. The average molecular weight is 286 g/mol. The van der Waals surface area contributed by atoms with Crippen LogP contribution in [-0.2, 0) is 20.7 Å². The third-order valence-corrected chi connectivity index (χ3v) is 3.22. The summed E-state index contributed by atoms with van der Waals surface area (Å²) >= 11 is 0. The molecule has 0 aliphatic heterocycles. The molecule has 0 amide bonds. The number of carbonyl (C=O) groups excluding carboxylic acids is 1. The summed E-state index contributed by atoms with van der Waals surface area (Å²) < 4.78 is 32.0. The van der Waals surface area contributed by atoms with Crippen LogP contribution in [0.1, 0.15) is 25.8 Å². The van der Waals surface area contributed by atoms with E-state index in [2.05, 4.69) is 0 Å². The number of carbonyl (C=O) groups is 2. The minimum Gasteiger partial charge on any atom is -0.480 e. The van der Waals surface area contributed by atoms with Gasteiger partial charge in [0.1, 0.15) is 11.6 Å². The fraction of sp³-hybridized carbons (Fsp3) is 0.429. The lowest BCUT2D eigenvalue weighted by molar-refractivity contribution is -0.169. The van der Waals surface area contributed by atoms with Gasteiger partial charge in [-0.05, 0) is 25.5 Å². The number of carboxylic acid groups (broad SMARTS) is 1. The van der Waals surface area contributed by atoms with Crippen LogP contribution in [0.25, 0.3) is 0 Å². The predicted molar refractivity (Wildman–Crippen MR) is 67.1 cm³/mol. The second kappa shape index (κ2) is 6.45. The van der Waals surface area contributed by atoms with Gasteiger partial charge in [-0.15, -0.1) is 0 Å². The summed E-state index contributed by atoms with van der Waals surface area (Å²) in [4.78, 5) is 23.4. The van der Waals surface area contributed by atoms with Crippen LogP contribution in [-0.4, -0.2) is 23.7 Å². The summed E-state index contributed by atoms with van der Waals surface area (Å²) in [7, 11) is 0. The lowest BCUT2D eigenvalue weighted by Crippen LogP contribution is -2.42. The monoisotopic (exact) mass is 286 g/mol. The van der Waals surface area contributed by atoms with Gasteiger partial charge in [-0.1, -0.05) is 13.0 Å². The second-order valence-electron chi connectivity index (χ2n) is 4.34. The van der Waals surface area contributed by atoms with Crippen LogP contribution >= 0.6 is 0 Å². The van der Waals surface area contributed by atoms with E-state index in [1.807, 2.05) is 0 Å². The van der Waals surface area contributed by atoms with Crippen molar-refractivity contribution < 1.29 is 28.2 Å². The molecule has 0 heterocycles. The fourth-order valence-electron chi connectivity index (χ4n) is 1.93. The van der Waals surface area contributed by atoms with E-state index >= 15 is 0 Å². The number of hydrogen-bond donors (Lipinski definition) is 1. The minimum atomic E-state index is -1.99. The third kappa shape index (κ3) is 2.95. The summed E-state index contributed by atoms with van der Waals surface area (Å²) in [5, 5.41) is 9.32. The van der Waals surface area contributed by atoms with E-state index in [-0.39, 0.29) is 13.0 Å². The smallest absolute Gasteiger partial charge is 0.323 e. The van der Waals surface area contributed by atoms with Gasteiger partial charge in [0.2, 0.25) is 0 Å². The molecule has 0 aromatic heterocycles. The van der Waals surface area contributed by atoms with E-state index in [4.69, 9.17) is 4.74 Å². The number of aliphatic carboxylic acids is 1. The van der Waals surface area contributed by atoms with Gasteiger partial charge in [-0.2, -0.15) is 0 Å². The summed E-state index contributed by atoms with van der Waals surface area (Å²) in [6.45, 7) is 2.99. The van der Waals surface area contributed by atoms with E-state index in [1.165, 1.54) is 19.9 Å². The molecule has 4 nitrogen and oxygen atoms in total. The van der Waals surface area contributed by atoms with Crippen molar-refractivity contribution in [1.29, 1.82) is 0 Å². The Hall–Kier alpha value is -1.98. The van der Waals surface area contributed by atoms with Crippen molar-refractivity contribution in [3.8, 4) is 0 Å². The SMILES string of the molecule is CCOC(=O)C(CC)(Cc1c(F)cccc1F)C(=O)O. The normalized spacial score (nSPS) is 13.6. The van der Waals surface area contributed by atoms with Crippen LogP contribution in [0.15, 0.2) is 18.2 Å². The Balaban J connectivity index is 3.26. The first-order valence-electron chi connectivity index (χ1n) is 6.22. The van der Waals surface area contributed by atoms with Crippen molar-refractivity contribution in [3.63, 3.8) is 0 Å². The molecule has 1 aromatic rings. The number of benzene rings is 1. The van der Waals surface area contributed by atoms with Crippen LogP contribution in [0.3, 0.4) is 0 Å².